The Bertz CT molecular complexity index is 424. The molecule has 0 aliphatic heterocycles. The molecule has 0 aliphatic rings. The number of rotatable bonds is 1. The van der Waals surface area contributed by atoms with Gasteiger partial charge in [-0.15, -0.1) is 5.10 Å². The van der Waals surface area contributed by atoms with E-state index in [9.17, 15) is 0 Å². The van der Waals surface area contributed by atoms with Crippen molar-refractivity contribution in [2.24, 2.45) is 0 Å². The van der Waals surface area contributed by atoms with Gasteiger partial charge in [-0.05, 0) is 23.7 Å². The van der Waals surface area contributed by atoms with Crippen LogP contribution in [0.2, 0.25) is 5.28 Å². The Morgan fingerprint density at radius 3 is 2.85 bits per heavy atom. The first kappa shape index (κ1) is 8.00. The molecule has 0 saturated carbocycles. The molecule has 0 bridgehead atoms. The Labute approximate surface area is 79.2 Å². The number of nitrogens with zero attached hydrogens (tertiary/aromatic N) is 4. The van der Waals surface area contributed by atoms with Gasteiger partial charge in [-0.1, -0.05) is 0 Å². The van der Waals surface area contributed by atoms with Gasteiger partial charge in [-0.3, -0.25) is 0 Å². The molecule has 2 rings (SSSR count). The van der Waals surface area contributed by atoms with Crippen molar-refractivity contribution in [3.8, 4) is 5.69 Å². The number of hydrogen-bond donors (Lipinski definition) is 1. The lowest BCUT2D eigenvalue weighted by Crippen LogP contribution is -2.01. The topological polar surface area (TPSA) is 69.6 Å². The van der Waals surface area contributed by atoms with E-state index in [4.69, 9.17) is 17.3 Å². The van der Waals surface area contributed by atoms with Crippen LogP contribution in [0, 0.1) is 0 Å². The smallest absolute Gasteiger partial charge is 0.242 e. The minimum atomic E-state index is 0.184. The lowest BCUT2D eigenvalue weighted by molar-refractivity contribution is 0.876. The van der Waals surface area contributed by atoms with Crippen LogP contribution in [-0.2, 0) is 0 Å². The highest BCUT2D eigenvalue weighted by Crippen LogP contribution is 2.12. The highest BCUT2D eigenvalue weighted by atomic mass is 35.5. The van der Waals surface area contributed by atoms with E-state index in [1.54, 1.807) is 18.3 Å². The summed E-state index contributed by atoms with van der Waals surface area (Å²) in [6.07, 6.45) is 3.09. The number of pyridine rings is 1. The van der Waals surface area contributed by atoms with Gasteiger partial charge in [0, 0.05) is 6.20 Å². The standard InChI is InChI=1S/C7H6ClN5/c8-7-11-4-13(12-7)5-2-1-3-10-6(5)9/h1-4H,(H2,9,10). The molecule has 6 heteroatoms. The quantitative estimate of drug-likeness (QED) is 0.734. The molecular weight excluding hydrogens is 190 g/mol. The van der Waals surface area contributed by atoms with E-state index >= 15 is 0 Å². The second kappa shape index (κ2) is 3.02. The second-order valence-corrected chi connectivity index (χ2v) is 2.70. The van der Waals surface area contributed by atoms with Gasteiger partial charge in [0.1, 0.15) is 17.8 Å². The fourth-order valence-electron chi connectivity index (χ4n) is 0.962. The predicted molar refractivity (Wildman–Crippen MR) is 48.6 cm³/mol. The maximum absolute atomic E-state index is 5.62. The van der Waals surface area contributed by atoms with Gasteiger partial charge in [0.2, 0.25) is 5.28 Å². The number of aromatic nitrogens is 4. The third-order valence-electron chi connectivity index (χ3n) is 1.53. The lowest BCUT2D eigenvalue weighted by Gasteiger charge is -2.01. The molecule has 0 aliphatic carbocycles. The van der Waals surface area contributed by atoms with Gasteiger partial charge < -0.3 is 5.73 Å². The minimum absolute atomic E-state index is 0.184. The zero-order valence-electron chi connectivity index (χ0n) is 6.55. The van der Waals surface area contributed by atoms with Crippen LogP contribution in [-0.4, -0.2) is 19.7 Å². The van der Waals surface area contributed by atoms with Crippen LogP contribution in [0.25, 0.3) is 5.69 Å². The summed E-state index contributed by atoms with van der Waals surface area (Å²) in [5.41, 5.74) is 6.29. The van der Waals surface area contributed by atoms with Crippen LogP contribution in [0.1, 0.15) is 0 Å². The third-order valence-corrected chi connectivity index (χ3v) is 1.70. The number of nitrogens with two attached hydrogens (primary N) is 1. The van der Waals surface area contributed by atoms with E-state index in [-0.39, 0.29) is 5.28 Å². The molecule has 0 saturated heterocycles. The molecule has 0 radical (unpaired) electrons. The molecular formula is C7H6ClN5. The Morgan fingerprint density at radius 2 is 2.23 bits per heavy atom. The maximum atomic E-state index is 5.62. The van der Waals surface area contributed by atoms with E-state index in [0.717, 1.165) is 0 Å². The molecule has 0 aromatic carbocycles. The van der Waals surface area contributed by atoms with Crippen molar-refractivity contribution in [1.82, 2.24) is 19.7 Å². The summed E-state index contributed by atoms with van der Waals surface area (Å²) in [4.78, 5) is 7.68. The number of anilines is 1. The summed E-state index contributed by atoms with van der Waals surface area (Å²) < 4.78 is 1.48. The summed E-state index contributed by atoms with van der Waals surface area (Å²) in [6, 6.07) is 3.55. The predicted octanol–water partition coefficient (Wildman–Crippen LogP) is 0.898. The molecule has 2 aromatic heterocycles. The van der Waals surface area contributed by atoms with E-state index in [1.807, 2.05) is 0 Å². The van der Waals surface area contributed by atoms with Gasteiger partial charge in [0.05, 0.1) is 0 Å². The fourth-order valence-corrected chi connectivity index (χ4v) is 1.09. The van der Waals surface area contributed by atoms with Crippen molar-refractivity contribution >= 4 is 17.4 Å². The van der Waals surface area contributed by atoms with Crippen molar-refractivity contribution in [1.29, 1.82) is 0 Å². The molecule has 0 spiro atoms. The molecule has 13 heavy (non-hydrogen) atoms. The van der Waals surface area contributed by atoms with E-state index in [0.29, 0.717) is 11.5 Å². The second-order valence-electron chi connectivity index (χ2n) is 2.37. The molecule has 0 atom stereocenters. The van der Waals surface area contributed by atoms with Crippen molar-refractivity contribution in [2.45, 2.75) is 0 Å². The van der Waals surface area contributed by atoms with Gasteiger partial charge >= 0.3 is 0 Å². The lowest BCUT2D eigenvalue weighted by atomic mass is 10.4. The number of nitrogen functional groups attached to an aromatic ring is 1. The average Bonchev–Trinajstić information content (AvgIpc) is 2.53. The minimum Gasteiger partial charge on any atom is -0.382 e. The van der Waals surface area contributed by atoms with Gasteiger partial charge in [-0.25, -0.2) is 14.6 Å². The van der Waals surface area contributed by atoms with Crippen molar-refractivity contribution in [3.05, 3.63) is 29.9 Å². The van der Waals surface area contributed by atoms with Gasteiger partial charge in [-0.2, -0.15) is 0 Å². The summed E-state index contributed by atoms with van der Waals surface area (Å²) >= 11 is 5.56. The van der Waals surface area contributed by atoms with Crippen LogP contribution in [0.3, 0.4) is 0 Å². The Kier molecular flexibility index (Phi) is 1.86. The summed E-state index contributed by atoms with van der Waals surface area (Å²) in [7, 11) is 0. The molecule has 5 nitrogen and oxygen atoms in total. The molecule has 0 amide bonds. The van der Waals surface area contributed by atoms with Crippen molar-refractivity contribution < 1.29 is 0 Å². The van der Waals surface area contributed by atoms with Gasteiger partial charge in [0.15, 0.2) is 0 Å². The maximum Gasteiger partial charge on any atom is 0.242 e. The first-order chi connectivity index (χ1) is 6.27. The van der Waals surface area contributed by atoms with Crippen LogP contribution in [0.4, 0.5) is 5.82 Å². The summed E-state index contributed by atoms with van der Waals surface area (Å²) in [6.45, 7) is 0. The van der Waals surface area contributed by atoms with Crippen molar-refractivity contribution in [3.63, 3.8) is 0 Å². The first-order valence-electron chi connectivity index (χ1n) is 3.55. The van der Waals surface area contributed by atoms with Gasteiger partial charge in [0.25, 0.3) is 0 Å². The molecule has 2 aromatic rings. The van der Waals surface area contributed by atoms with E-state index < -0.39 is 0 Å². The van der Waals surface area contributed by atoms with Crippen molar-refractivity contribution in [2.75, 3.05) is 5.73 Å². The van der Waals surface area contributed by atoms with Crippen LogP contribution < -0.4 is 5.73 Å². The van der Waals surface area contributed by atoms with Crippen LogP contribution in [0.5, 0.6) is 0 Å². The zero-order valence-corrected chi connectivity index (χ0v) is 7.31. The SMILES string of the molecule is Nc1ncccc1-n1cnc(Cl)n1. The molecule has 2 N–H and O–H groups in total. The van der Waals surface area contributed by atoms with E-state index in [2.05, 4.69) is 15.1 Å². The fraction of sp³-hybridized carbons (Fsp3) is 0. The van der Waals surface area contributed by atoms with Crippen LogP contribution >= 0.6 is 11.6 Å². The molecule has 66 valence electrons. The summed E-state index contributed by atoms with van der Waals surface area (Å²) in [5, 5.41) is 4.08. The molecule has 0 unspecified atom stereocenters. The monoisotopic (exact) mass is 195 g/mol. The number of hydrogen-bond acceptors (Lipinski definition) is 4. The van der Waals surface area contributed by atoms with Crippen LogP contribution in [0.15, 0.2) is 24.7 Å². The Hall–Kier alpha value is -1.62. The number of halogens is 1. The highest BCUT2D eigenvalue weighted by Gasteiger charge is 2.03. The Balaban J connectivity index is 2.52. The summed E-state index contributed by atoms with van der Waals surface area (Å²) in [5.74, 6) is 0.393. The normalized spacial score (nSPS) is 10.2. The van der Waals surface area contributed by atoms with E-state index in [1.165, 1.54) is 11.0 Å². The third kappa shape index (κ3) is 1.46. The zero-order chi connectivity index (χ0) is 9.26. The Morgan fingerprint density at radius 1 is 1.38 bits per heavy atom. The molecule has 0 fully saturated rings. The largest absolute Gasteiger partial charge is 0.382 e. The highest BCUT2D eigenvalue weighted by molar-refractivity contribution is 6.28. The average molecular weight is 196 g/mol. The molecule has 2 heterocycles. The first-order valence-corrected chi connectivity index (χ1v) is 3.93.